The second kappa shape index (κ2) is 8.58. The van der Waals surface area contributed by atoms with Crippen molar-refractivity contribution in [2.75, 3.05) is 13.1 Å². The summed E-state index contributed by atoms with van der Waals surface area (Å²) in [6, 6.07) is 12.4. The molecule has 0 radical (unpaired) electrons. The lowest BCUT2D eigenvalue weighted by Gasteiger charge is -2.42. The van der Waals surface area contributed by atoms with Crippen LogP contribution in [0.4, 0.5) is 0 Å². The average molecular weight is 406 g/mol. The number of carbonyl (C=O) groups excluding carboxylic acids is 2. The predicted molar refractivity (Wildman–Crippen MR) is 118 cm³/mol. The fraction of sp³-hybridized carbons (Fsp3) is 0.480. The van der Waals surface area contributed by atoms with E-state index in [9.17, 15) is 9.59 Å². The number of piperidine rings is 1. The third kappa shape index (κ3) is 4.40. The van der Waals surface area contributed by atoms with E-state index in [1.165, 1.54) is 0 Å². The molecule has 0 spiro atoms. The number of carbonyl (C=O) groups is 2. The van der Waals surface area contributed by atoms with Gasteiger partial charge in [-0.3, -0.25) is 14.6 Å². The van der Waals surface area contributed by atoms with Crippen LogP contribution >= 0.6 is 0 Å². The highest BCUT2D eigenvalue weighted by atomic mass is 16.2. The van der Waals surface area contributed by atoms with E-state index in [0.717, 1.165) is 48.9 Å². The molecule has 30 heavy (non-hydrogen) atoms. The largest absolute Gasteiger partial charge is 0.353 e. The summed E-state index contributed by atoms with van der Waals surface area (Å²) in [6.07, 6.45) is 7.86. The minimum Gasteiger partial charge on any atom is -0.353 e. The van der Waals surface area contributed by atoms with E-state index < -0.39 is 5.41 Å². The fourth-order valence-electron chi connectivity index (χ4n) is 4.59. The zero-order valence-electron chi connectivity index (χ0n) is 17.9. The van der Waals surface area contributed by atoms with E-state index in [-0.39, 0.29) is 23.8 Å². The molecule has 158 valence electrons. The van der Waals surface area contributed by atoms with E-state index in [4.69, 9.17) is 0 Å². The first-order valence-corrected chi connectivity index (χ1v) is 11.1. The lowest BCUT2D eigenvalue weighted by molar-refractivity contribution is -0.142. The standard InChI is InChI=1S/C25H31N3O2/c1-18(2)27-24(30)25(12-5-15-28(17-25)23(29)20-8-9-20)16-21-6-3-4-7-22(21)19-10-13-26-14-11-19/h3-4,6-7,10-11,13-14,18,20H,5,8-9,12,15-17H2,1-2H3,(H,27,30)/t25-/m0/s1. The molecule has 1 atom stereocenters. The van der Waals surface area contributed by atoms with E-state index in [0.29, 0.717) is 13.0 Å². The van der Waals surface area contributed by atoms with Crippen LogP contribution in [0, 0.1) is 11.3 Å². The highest BCUT2D eigenvalue weighted by molar-refractivity contribution is 5.86. The van der Waals surface area contributed by atoms with Gasteiger partial charge in [0.05, 0.1) is 5.41 Å². The average Bonchev–Trinajstić information content (AvgIpc) is 3.59. The summed E-state index contributed by atoms with van der Waals surface area (Å²) in [5.74, 6) is 0.479. The number of hydrogen-bond acceptors (Lipinski definition) is 3. The van der Waals surface area contributed by atoms with Crippen LogP contribution in [0.25, 0.3) is 11.1 Å². The second-order valence-corrected chi connectivity index (χ2v) is 9.12. The number of benzene rings is 1. The van der Waals surface area contributed by atoms with Crippen molar-refractivity contribution in [1.82, 2.24) is 15.2 Å². The summed E-state index contributed by atoms with van der Waals surface area (Å²) < 4.78 is 0. The molecule has 1 N–H and O–H groups in total. The van der Waals surface area contributed by atoms with E-state index in [1.54, 1.807) is 12.4 Å². The first kappa shape index (κ1) is 20.6. The zero-order valence-corrected chi connectivity index (χ0v) is 17.9. The molecule has 2 aliphatic rings. The lowest BCUT2D eigenvalue weighted by Crippen LogP contribution is -2.55. The van der Waals surface area contributed by atoms with Gasteiger partial charge in [0.15, 0.2) is 0 Å². The van der Waals surface area contributed by atoms with Gasteiger partial charge >= 0.3 is 0 Å². The Hall–Kier alpha value is -2.69. The van der Waals surface area contributed by atoms with Crippen molar-refractivity contribution < 1.29 is 9.59 Å². The molecule has 4 rings (SSSR count). The smallest absolute Gasteiger partial charge is 0.228 e. The van der Waals surface area contributed by atoms with Crippen molar-refractivity contribution in [3.05, 3.63) is 54.4 Å². The number of hydrogen-bond donors (Lipinski definition) is 1. The molecule has 1 saturated carbocycles. The summed E-state index contributed by atoms with van der Waals surface area (Å²) in [5.41, 5.74) is 2.77. The fourth-order valence-corrected chi connectivity index (χ4v) is 4.59. The van der Waals surface area contributed by atoms with Crippen LogP contribution in [0.15, 0.2) is 48.8 Å². The summed E-state index contributed by atoms with van der Waals surface area (Å²) in [4.78, 5) is 32.4. The Labute approximate surface area is 178 Å². The third-order valence-corrected chi connectivity index (χ3v) is 6.25. The Balaban J connectivity index is 1.67. The monoisotopic (exact) mass is 405 g/mol. The highest BCUT2D eigenvalue weighted by Crippen LogP contribution is 2.39. The quantitative estimate of drug-likeness (QED) is 0.794. The van der Waals surface area contributed by atoms with Crippen LogP contribution in [-0.4, -0.2) is 40.8 Å². The van der Waals surface area contributed by atoms with Gasteiger partial charge in [0.25, 0.3) is 0 Å². The topological polar surface area (TPSA) is 62.3 Å². The first-order chi connectivity index (χ1) is 14.5. The molecule has 5 nitrogen and oxygen atoms in total. The molecular weight excluding hydrogens is 374 g/mol. The minimum absolute atomic E-state index is 0.0651. The van der Waals surface area contributed by atoms with Gasteiger partial charge in [-0.05, 0) is 74.8 Å². The summed E-state index contributed by atoms with van der Waals surface area (Å²) in [6.45, 7) is 5.25. The number of likely N-dealkylation sites (tertiary alicyclic amines) is 1. The maximum Gasteiger partial charge on any atom is 0.228 e. The van der Waals surface area contributed by atoms with Gasteiger partial charge in [-0.25, -0.2) is 0 Å². The van der Waals surface area contributed by atoms with Crippen LogP contribution in [0.2, 0.25) is 0 Å². The molecule has 2 heterocycles. The Morgan fingerprint density at radius 2 is 1.90 bits per heavy atom. The van der Waals surface area contributed by atoms with E-state index in [1.807, 2.05) is 43.0 Å². The van der Waals surface area contributed by atoms with Crippen molar-refractivity contribution in [2.24, 2.45) is 11.3 Å². The van der Waals surface area contributed by atoms with Gasteiger partial charge in [-0.2, -0.15) is 0 Å². The third-order valence-electron chi connectivity index (χ3n) is 6.25. The predicted octanol–water partition coefficient (Wildman–Crippen LogP) is 3.83. The maximum absolute atomic E-state index is 13.5. The minimum atomic E-state index is -0.601. The zero-order chi connectivity index (χ0) is 21.1. The van der Waals surface area contributed by atoms with Gasteiger partial charge < -0.3 is 10.2 Å². The lowest BCUT2D eigenvalue weighted by atomic mass is 9.73. The van der Waals surface area contributed by atoms with Crippen molar-refractivity contribution >= 4 is 11.8 Å². The second-order valence-electron chi connectivity index (χ2n) is 9.12. The number of nitrogens with one attached hydrogen (secondary N) is 1. The van der Waals surface area contributed by atoms with Crippen molar-refractivity contribution in [3.63, 3.8) is 0 Å². The maximum atomic E-state index is 13.5. The highest BCUT2D eigenvalue weighted by Gasteiger charge is 2.46. The van der Waals surface area contributed by atoms with Gasteiger partial charge in [0.2, 0.25) is 11.8 Å². The van der Waals surface area contributed by atoms with Crippen LogP contribution in [-0.2, 0) is 16.0 Å². The molecule has 1 aromatic heterocycles. The molecule has 1 aromatic carbocycles. The number of amides is 2. The number of nitrogens with zero attached hydrogens (tertiary/aromatic N) is 2. The molecule has 0 unspecified atom stereocenters. The summed E-state index contributed by atoms with van der Waals surface area (Å²) >= 11 is 0. The Bertz CT molecular complexity index is 908. The summed E-state index contributed by atoms with van der Waals surface area (Å²) in [7, 11) is 0. The Morgan fingerprint density at radius 1 is 1.17 bits per heavy atom. The summed E-state index contributed by atoms with van der Waals surface area (Å²) in [5, 5.41) is 3.15. The molecule has 1 aliphatic heterocycles. The van der Waals surface area contributed by atoms with Crippen LogP contribution in [0.5, 0.6) is 0 Å². The normalized spacial score (nSPS) is 21.5. The SMILES string of the molecule is CC(C)NC(=O)[C@]1(Cc2ccccc2-c2ccncc2)CCCN(C(=O)C2CC2)C1. The van der Waals surface area contributed by atoms with Gasteiger partial charge in [-0.15, -0.1) is 0 Å². The molecule has 2 aromatic rings. The van der Waals surface area contributed by atoms with Crippen LogP contribution in [0.1, 0.15) is 45.1 Å². The first-order valence-electron chi connectivity index (χ1n) is 11.1. The molecule has 2 amide bonds. The Morgan fingerprint density at radius 3 is 2.60 bits per heavy atom. The molecule has 1 saturated heterocycles. The van der Waals surface area contributed by atoms with Crippen molar-refractivity contribution in [2.45, 2.75) is 52.0 Å². The van der Waals surface area contributed by atoms with E-state index >= 15 is 0 Å². The number of aromatic nitrogens is 1. The van der Waals surface area contributed by atoms with Gasteiger partial charge in [0, 0.05) is 37.4 Å². The molecule has 1 aliphatic carbocycles. The van der Waals surface area contributed by atoms with Gasteiger partial charge in [0.1, 0.15) is 0 Å². The molecule has 5 heteroatoms. The van der Waals surface area contributed by atoms with Crippen LogP contribution < -0.4 is 5.32 Å². The molecule has 2 fully saturated rings. The van der Waals surface area contributed by atoms with E-state index in [2.05, 4.69) is 22.4 Å². The number of rotatable bonds is 6. The van der Waals surface area contributed by atoms with Crippen LogP contribution in [0.3, 0.4) is 0 Å². The molecule has 0 bridgehead atoms. The van der Waals surface area contributed by atoms with Crippen molar-refractivity contribution in [1.29, 1.82) is 0 Å². The molecular formula is C25H31N3O2. The Kier molecular flexibility index (Phi) is 5.89. The van der Waals surface area contributed by atoms with Crippen molar-refractivity contribution in [3.8, 4) is 11.1 Å². The van der Waals surface area contributed by atoms with Gasteiger partial charge in [-0.1, -0.05) is 24.3 Å². The number of pyridine rings is 1.